The molecule has 102 valence electrons. The summed E-state index contributed by atoms with van der Waals surface area (Å²) < 4.78 is 0. The molecule has 0 aliphatic rings. The molecule has 0 fully saturated rings. The second-order valence-corrected chi connectivity index (χ2v) is 4.98. The van der Waals surface area contributed by atoms with Crippen molar-refractivity contribution in [2.24, 2.45) is 5.41 Å². The summed E-state index contributed by atoms with van der Waals surface area (Å²) >= 11 is 0. The third-order valence-electron chi connectivity index (χ3n) is 3.18. The van der Waals surface area contributed by atoms with Gasteiger partial charge in [-0.1, -0.05) is 32.9 Å². The van der Waals surface area contributed by atoms with E-state index >= 15 is 0 Å². The van der Waals surface area contributed by atoms with Crippen LogP contribution in [0, 0.1) is 5.41 Å². The zero-order valence-electron chi connectivity index (χ0n) is 11.3. The number of amides is 1. The van der Waals surface area contributed by atoms with E-state index in [1.165, 1.54) is 5.56 Å². The average molecular weight is 271 g/mol. The number of nitrogens with one attached hydrogen (secondary N) is 1. The Hall–Kier alpha value is -1.22. The van der Waals surface area contributed by atoms with Crippen molar-refractivity contribution in [3.8, 4) is 0 Å². The molecule has 0 bridgehead atoms. The maximum Gasteiger partial charge on any atom is 0.225 e. The molecule has 1 aromatic rings. The van der Waals surface area contributed by atoms with Gasteiger partial charge in [0, 0.05) is 17.6 Å². The lowest BCUT2D eigenvalue weighted by Crippen LogP contribution is -2.37. The third kappa shape index (κ3) is 4.96. The van der Waals surface area contributed by atoms with Gasteiger partial charge in [-0.05, 0) is 30.5 Å². The topological polar surface area (TPSA) is 55.1 Å². The van der Waals surface area contributed by atoms with Crippen LogP contribution >= 0.6 is 12.4 Å². The Balaban J connectivity index is 0.00000289. The number of hydrogen-bond donors (Lipinski definition) is 2. The summed E-state index contributed by atoms with van der Waals surface area (Å²) in [6, 6.07) is 7.75. The minimum atomic E-state index is -0.277. The highest BCUT2D eigenvalue weighted by molar-refractivity contribution is 5.85. The summed E-state index contributed by atoms with van der Waals surface area (Å²) in [6.07, 6.45) is 1.69. The minimum Gasteiger partial charge on any atom is -0.399 e. The van der Waals surface area contributed by atoms with Gasteiger partial charge < -0.3 is 11.1 Å². The first-order valence-electron chi connectivity index (χ1n) is 6.08. The molecule has 18 heavy (non-hydrogen) atoms. The van der Waals surface area contributed by atoms with Crippen molar-refractivity contribution < 1.29 is 4.79 Å². The molecule has 0 spiro atoms. The molecule has 0 saturated carbocycles. The first-order valence-corrected chi connectivity index (χ1v) is 6.08. The monoisotopic (exact) mass is 270 g/mol. The van der Waals surface area contributed by atoms with Crippen LogP contribution in [0.4, 0.5) is 5.69 Å². The lowest BCUT2D eigenvalue weighted by atomic mass is 9.89. The molecule has 0 atom stereocenters. The van der Waals surface area contributed by atoms with Gasteiger partial charge >= 0.3 is 0 Å². The van der Waals surface area contributed by atoms with Crippen LogP contribution in [-0.2, 0) is 11.2 Å². The van der Waals surface area contributed by atoms with Gasteiger partial charge in [0.25, 0.3) is 0 Å². The van der Waals surface area contributed by atoms with Gasteiger partial charge in [-0.2, -0.15) is 0 Å². The fraction of sp³-hybridized carbons (Fsp3) is 0.500. The second-order valence-electron chi connectivity index (χ2n) is 4.98. The number of benzene rings is 1. The fourth-order valence-electron chi connectivity index (χ4n) is 1.40. The Morgan fingerprint density at radius 2 is 1.83 bits per heavy atom. The van der Waals surface area contributed by atoms with Gasteiger partial charge in [0.1, 0.15) is 0 Å². The van der Waals surface area contributed by atoms with E-state index in [-0.39, 0.29) is 23.7 Å². The predicted octanol–water partition coefficient (Wildman–Crippen LogP) is 2.79. The number of hydrogen-bond acceptors (Lipinski definition) is 2. The SMILES string of the molecule is CCC(C)(C)C(=O)NCCc1ccc(N)cc1.Cl. The van der Waals surface area contributed by atoms with E-state index in [2.05, 4.69) is 5.32 Å². The van der Waals surface area contributed by atoms with E-state index in [9.17, 15) is 4.79 Å². The van der Waals surface area contributed by atoms with E-state index in [4.69, 9.17) is 5.73 Å². The first kappa shape index (κ1) is 16.8. The molecule has 0 aliphatic carbocycles. The molecular weight excluding hydrogens is 248 g/mol. The molecule has 4 heteroatoms. The molecule has 0 radical (unpaired) electrons. The van der Waals surface area contributed by atoms with Gasteiger partial charge in [-0.15, -0.1) is 12.4 Å². The fourth-order valence-corrected chi connectivity index (χ4v) is 1.40. The summed E-state index contributed by atoms with van der Waals surface area (Å²) in [6.45, 7) is 6.63. The quantitative estimate of drug-likeness (QED) is 0.809. The Morgan fingerprint density at radius 3 is 2.33 bits per heavy atom. The van der Waals surface area contributed by atoms with Crippen LogP contribution in [0.3, 0.4) is 0 Å². The standard InChI is InChI=1S/C14H22N2O.ClH/c1-4-14(2,3)13(17)16-10-9-11-5-7-12(15)8-6-11;/h5-8H,4,9-10,15H2,1-3H3,(H,16,17);1H. The van der Waals surface area contributed by atoms with Crippen LogP contribution in [0.5, 0.6) is 0 Å². The van der Waals surface area contributed by atoms with Crippen molar-refractivity contribution in [1.82, 2.24) is 5.32 Å². The van der Waals surface area contributed by atoms with Crippen molar-refractivity contribution in [3.05, 3.63) is 29.8 Å². The van der Waals surface area contributed by atoms with Crippen molar-refractivity contribution in [2.75, 3.05) is 12.3 Å². The molecule has 0 heterocycles. The summed E-state index contributed by atoms with van der Waals surface area (Å²) in [4.78, 5) is 11.8. The predicted molar refractivity (Wildman–Crippen MR) is 78.9 cm³/mol. The minimum absolute atomic E-state index is 0. The largest absolute Gasteiger partial charge is 0.399 e. The van der Waals surface area contributed by atoms with Crippen molar-refractivity contribution in [2.45, 2.75) is 33.6 Å². The molecule has 0 unspecified atom stereocenters. The lowest BCUT2D eigenvalue weighted by molar-refractivity contribution is -0.129. The first-order chi connectivity index (χ1) is 7.95. The molecule has 0 aromatic heterocycles. The van der Waals surface area contributed by atoms with E-state index < -0.39 is 0 Å². The van der Waals surface area contributed by atoms with Crippen LogP contribution in [0.1, 0.15) is 32.8 Å². The maximum absolute atomic E-state index is 11.8. The molecule has 0 aliphatic heterocycles. The summed E-state index contributed by atoms with van der Waals surface area (Å²) in [5, 5.41) is 2.97. The molecular formula is C14H23ClN2O. The molecule has 1 aromatic carbocycles. The number of carbonyl (C=O) groups excluding carboxylic acids is 1. The normalized spacial score (nSPS) is 10.6. The van der Waals surface area contributed by atoms with Crippen molar-refractivity contribution in [1.29, 1.82) is 0 Å². The van der Waals surface area contributed by atoms with Crippen LogP contribution in [-0.4, -0.2) is 12.5 Å². The molecule has 1 rings (SSSR count). The highest BCUT2D eigenvalue weighted by Gasteiger charge is 2.24. The number of nitrogens with two attached hydrogens (primary N) is 1. The Morgan fingerprint density at radius 1 is 1.28 bits per heavy atom. The molecule has 3 nitrogen and oxygen atoms in total. The van der Waals surface area contributed by atoms with Crippen molar-refractivity contribution in [3.63, 3.8) is 0 Å². The third-order valence-corrected chi connectivity index (χ3v) is 3.18. The van der Waals surface area contributed by atoms with Crippen LogP contribution in [0.25, 0.3) is 0 Å². The zero-order valence-corrected chi connectivity index (χ0v) is 12.1. The van der Waals surface area contributed by atoms with Crippen molar-refractivity contribution >= 4 is 24.0 Å². The number of rotatable bonds is 5. The maximum atomic E-state index is 11.8. The highest BCUT2D eigenvalue weighted by Crippen LogP contribution is 2.19. The van der Waals surface area contributed by atoms with Crippen LogP contribution in [0.15, 0.2) is 24.3 Å². The number of nitrogen functional groups attached to an aromatic ring is 1. The van der Waals surface area contributed by atoms with Gasteiger partial charge in [0.15, 0.2) is 0 Å². The number of halogens is 1. The summed E-state index contributed by atoms with van der Waals surface area (Å²) in [7, 11) is 0. The van der Waals surface area contributed by atoms with E-state index in [1.54, 1.807) is 0 Å². The van der Waals surface area contributed by atoms with E-state index in [0.717, 1.165) is 18.5 Å². The summed E-state index contributed by atoms with van der Waals surface area (Å²) in [5.41, 5.74) is 7.29. The number of anilines is 1. The lowest BCUT2D eigenvalue weighted by Gasteiger charge is -2.21. The smallest absolute Gasteiger partial charge is 0.225 e. The average Bonchev–Trinajstić information content (AvgIpc) is 2.31. The Kier molecular flexibility index (Phi) is 6.77. The second kappa shape index (κ2) is 7.27. The van der Waals surface area contributed by atoms with Gasteiger partial charge in [0.2, 0.25) is 5.91 Å². The Bertz CT molecular complexity index is 374. The van der Waals surface area contributed by atoms with Gasteiger partial charge in [-0.3, -0.25) is 4.79 Å². The highest BCUT2D eigenvalue weighted by atomic mass is 35.5. The van der Waals surface area contributed by atoms with E-state index in [0.29, 0.717) is 6.54 Å². The van der Waals surface area contributed by atoms with Crippen LogP contribution in [0.2, 0.25) is 0 Å². The summed E-state index contributed by atoms with van der Waals surface area (Å²) in [5.74, 6) is 0.121. The molecule has 3 N–H and O–H groups in total. The Labute approximate surface area is 116 Å². The van der Waals surface area contributed by atoms with Crippen LogP contribution < -0.4 is 11.1 Å². The molecule has 1 amide bonds. The zero-order chi connectivity index (χ0) is 12.9. The molecule has 0 saturated heterocycles. The number of carbonyl (C=O) groups is 1. The van der Waals surface area contributed by atoms with Gasteiger partial charge in [0.05, 0.1) is 0 Å². The van der Waals surface area contributed by atoms with Gasteiger partial charge in [-0.25, -0.2) is 0 Å². The van der Waals surface area contributed by atoms with E-state index in [1.807, 2.05) is 45.0 Å².